The minimum Gasteiger partial charge on any atom is -0.439 e. The molecule has 1 aromatic heterocycles. The van der Waals surface area contributed by atoms with Gasteiger partial charge in [-0.2, -0.15) is 13.2 Å². The van der Waals surface area contributed by atoms with Crippen LogP contribution in [-0.2, 0) is 11.0 Å². The van der Waals surface area contributed by atoms with E-state index in [1.807, 2.05) is 0 Å². The van der Waals surface area contributed by atoms with E-state index in [1.165, 1.54) is 18.3 Å². The SMILES string of the molecule is Cl.Cl.O=C(CCC1CCNC1)Nc1ccc(Oc2ccc(C(F)(F)F)cc2)nc1. The van der Waals surface area contributed by atoms with E-state index >= 15 is 0 Å². The van der Waals surface area contributed by atoms with E-state index in [9.17, 15) is 18.0 Å². The summed E-state index contributed by atoms with van der Waals surface area (Å²) in [7, 11) is 0. The molecular formula is C19H22Cl2F3N3O2. The first-order valence-electron chi connectivity index (χ1n) is 8.72. The average molecular weight is 452 g/mol. The third-order valence-corrected chi connectivity index (χ3v) is 4.37. The van der Waals surface area contributed by atoms with Crippen LogP contribution in [-0.4, -0.2) is 24.0 Å². The molecule has 2 heterocycles. The first-order chi connectivity index (χ1) is 12.9. The summed E-state index contributed by atoms with van der Waals surface area (Å²) in [5.74, 6) is 0.954. The van der Waals surface area contributed by atoms with Crippen LogP contribution in [0.4, 0.5) is 18.9 Å². The predicted molar refractivity (Wildman–Crippen MR) is 109 cm³/mol. The lowest BCUT2D eigenvalue weighted by molar-refractivity contribution is -0.137. The Morgan fingerprint density at radius 3 is 2.45 bits per heavy atom. The van der Waals surface area contributed by atoms with E-state index < -0.39 is 11.7 Å². The fraction of sp³-hybridized carbons (Fsp3) is 0.368. The highest BCUT2D eigenvalue weighted by Crippen LogP contribution is 2.31. The molecule has 0 aliphatic carbocycles. The van der Waals surface area contributed by atoms with Crippen LogP contribution in [0.2, 0.25) is 0 Å². The number of nitrogens with one attached hydrogen (secondary N) is 2. The van der Waals surface area contributed by atoms with Crippen molar-refractivity contribution in [3.8, 4) is 11.6 Å². The van der Waals surface area contributed by atoms with Crippen LogP contribution in [0.5, 0.6) is 11.6 Å². The van der Waals surface area contributed by atoms with Gasteiger partial charge in [0.2, 0.25) is 11.8 Å². The first-order valence-corrected chi connectivity index (χ1v) is 8.72. The lowest BCUT2D eigenvalue weighted by atomic mass is 10.0. The Hall–Kier alpha value is -2.03. The van der Waals surface area contributed by atoms with Gasteiger partial charge in [-0.3, -0.25) is 4.79 Å². The molecule has 2 N–H and O–H groups in total. The average Bonchev–Trinajstić information content (AvgIpc) is 3.15. The van der Waals surface area contributed by atoms with Crippen LogP contribution in [0.3, 0.4) is 0 Å². The van der Waals surface area contributed by atoms with Gasteiger partial charge in [0.05, 0.1) is 17.4 Å². The third-order valence-electron chi connectivity index (χ3n) is 4.37. The summed E-state index contributed by atoms with van der Waals surface area (Å²) >= 11 is 0. The van der Waals surface area contributed by atoms with Gasteiger partial charge in [0.15, 0.2) is 0 Å². The molecule has 0 bridgehead atoms. The summed E-state index contributed by atoms with van der Waals surface area (Å²) in [6.07, 6.45) is -0.526. The summed E-state index contributed by atoms with van der Waals surface area (Å²) in [5, 5.41) is 6.05. The van der Waals surface area contributed by atoms with Crippen molar-refractivity contribution in [2.75, 3.05) is 18.4 Å². The van der Waals surface area contributed by atoms with Crippen molar-refractivity contribution in [2.24, 2.45) is 5.92 Å². The van der Waals surface area contributed by atoms with E-state index in [1.54, 1.807) is 12.1 Å². The van der Waals surface area contributed by atoms with Crippen LogP contribution < -0.4 is 15.4 Å². The molecule has 2 aromatic rings. The molecule has 0 saturated carbocycles. The largest absolute Gasteiger partial charge is 0.439 e. The van der Waals surface area contributed by atoms with Crippen molar-refractivity contribution < 1.29 is 22.7 Å². The van der Waals surface area contributed by atoms with Crippen molar-refractivity contribution in [1.82, 2.24) is 10.3 Å². The van der Waals surface area contributed by atoms with Gasteiger partial charge < -0.3 is 15.4 Å². The molecule has 1 fully saturated rings. The molecule has 1 aliphatic rings. The number of aromatic nitrogens is 1. The normalized spacial score (nSPS) is 15.8. The molecule has 1 unspecified atom stereocenters. The fourth-order valence-electron chi connectivity index (χ4n) is 2.87. The molecule has 0 spiro atoms. The molecule has 1 amide bonds. The zero-order valence-electron chi connectivity index (χ0n) is 15.4. The summed E-state index contributed by atoms with van der Waals surface area (Å²) in [6.45, 7) is 1.97. The highest BCUT2D eigenvalue weighted by molar-refractivity contribution is 5.90. The van der Waals surface area contributed by atoms with Gasteiger partial charge in [-0.25, -0.2) is 4.98 Å². The summed E-state index contributed by atoms with van der Waals surface area (Å²) in [5.41, 5.74) is -0.196. The Balaban J connectivity index is 0.00000210. The Morgan fingerprint density at radius 2 is 1.90 bits per heavy atom. The first kappa shape index (κ1) is 25.0. The Kier molecular flexibility index (Phi) is 9.68. The maximum absolute atomic E-state index is 12.5. The van der Waals surface area contributed by atoms with E-state index in [0.717, 1.165) is 38.1 Å². The van der Waals surface area contributed by atoms with Gasteiger partial charge in [-0.15, -0.1) is 24.8 Å². The fourth-order valence-corrected chi connectivity index (χ4v) is 2.87. The van der Waals surface area contributed by atoms with E-state index in [2.05, 4.69) is 15.6 Å². The number of amides is 1. The van der Waals surface area contributed by atoms with Crippen LogP contribution in [0.25, 0.3) is 0 Å². The summed E-state index contributed by atoms with van der Waals surface area (Å²) < 4.78 is 43.1. The number of rotatable bonds is 6. The lowest BCUT2D eigenvalue weighted by Gasteiger charge is -2.10. The Morgan fingerprint density at radius 1 is 1.17 bits per heavy atom. The second kappa shape index (κ2) is 11.2. The minimum absolute atomic E-state index is 0. The van der Waals surface area contributed by atoms with Crippen LogP contribution >= 0.6 is 24.8 Å². The summed E-state index contributed by atoms with van der Waals surface area (Å²) in [4.78, 5) is 16.0. The number of carbonyl (C=O) groups is 1. The zero-order chi connectivity index (χ0) is 19.3. The highest BCUT2D eigenvalue weighted by atomic mass is 35.5. The molecule has 29 heavy (non-hydrogen) atoms. The van der Waals surface area contributed by atoms with Gasteiger partial charge in [-0.1, -0.05) is 0 Å². The number of pyridine rings is 1. The number of carbonyl (C=O) groups excluding carboxylic acids is 1. The Bertz CT molecular complexity index is 766. The van der Waals surface area contributed by atoms with Gasteiger partial charge >= 0.3 is 6.18 Å². The number of alkyl halides is 3. The molecule has 0 radical (unpaired) electrons. The van der Waals surface area contributed by atoms with E-state index in [4.69, 9.17) is 4.74 Å². The van der Waals surface area contributed by atoms with E-state index in [-0.39, 0.29) is 42.4 Å². The smallest absolute Gasteiger partial charge is 0.416 e. The number of benzene rings is 1. The van der Waals surface area contributed by atoms with Crippen molar-refractivity contribution in [3.05, 3.63) is 48.2 Å². The monoisotopic (exact) mass is 451 g/mol. The topological polar surface area (TPSA) is 63.2 Å². The molecular weight excluding hydrogens is 430 g/mol. The molecule has 10 heteroatoms. The van der Waals surface area contributed by atoms with Crippen LogP contribution in [0.15, 0.2) is 42.6 Å². The van der Waals surface area contributed by atoms with Gasteiger partial charge in [-0.05, 0) is 62.2 Å². The van der Waals surface area contributed by atoms with Gasteiger partial charge in [0.25, 0.3) is 0 Å². The molecule has 1 aliphatic heterocycles. The van der Waals surface area contributed by atoms with Crippen LogP contribution in [0, 0.1) is 5.92 Å². The quantitative estimate of drug-likeness (QED) is 0.643. The maximum atomic E-state index is 12.5. The molecule has 1 atom stereocenters. The molecule has 1 saturated heterocycles. The summed E-state index contributed by atoms with van der Waals surface area (Å²) in [6, 6.07) is 7.55. The number of nitrogens with zero attached hydrogens (tertiary/aromatic N) is 1. The number of ether oxygens (including phenoxy) is 1. The lowest BCUT2D eigenvalue weighted by Crippen LogP contribution is -2.15. The van der Waals surface area contributed by atoms with Crippen molar-refractivity contribution >= 4 is 36.4 Å². The van der Waals surface area contributed by atoms with Crippen molar-refractivity contribution in [3.63, 3.8) is 0 Å². The maximum Gasteiger partial charge on any atom is 0.416 e. The molecule has 160 valence electrons. The van der Waals surface area contributed by atoms with Crippen LogP contribution in [0.1, 0.15) is 24.8 Å². The predicted octanol–water partition coefficient (Wildman–Crippen LogP) is 5.06. The highest BCUT2D eigenvalue weighted by Gasteiger charge is 2.30. The third kappa shape index (κ3) is 7.72. The Labute approximate surface area is 179 Å². The standard InChI is InChI=1S/C19H20F3N3O2.2ClH/c20-19(21,22)14-2-5-16(6-3-14)27-18-8-4-15(12-24-18)25-17(26)7-1-13-9-10-23-11-13;;/h2-6,8,12-13,23H,1,7,9-11H2,(H,25,26);2*1H. The van der Waals surface area contributed by atoms with Crippen molar-refractivity contribution in [1.29, 1.82) is 0 Å². The van der Waals surface area contributed by atoms with Gasteiger partial charge in [0, 0.05) is 12.5 Å². The molecule has 1 aromatic carbocycles. The van der Waals surface area contributed by atoms with E-state index in [0.29, 0.717) is 18.0 Å². The number of anilines is 1. The number of hydrogen-bond acceptors (Lipinski definition) is 4. The second-order valence-electron chi connectivity index (χ2n) is 6.45. The molecule has 3 rings (SSSR count). The minimum atomic E-state index is -4.38. The molecule has 5 nitrogen and oxygen atoms in total. The second-order valence-corrected chi connectivity index (χ2v) is 6.45. The number of halogens is 5. The van der Waals surface area contributed by atoms with Crippen molar-refractivity contribution in [2.45, 2.75) is 25.4 Å². The van der Waals surface area contributed by atoms with Gasteiger partial charge in [0.1, 0.15) is 5.75 Å². The number of hydrogen-bond donors (Lipinski definition) is 2. The zero-order valence-corrected chi connectivity index (χ0v) is 17.0.